The molecule has 1 N–H and O–H groups in total. The van der Waals surface area contributed by atoms with E-state index in [1.165, 1.54) is 0 Å². The lowest BCUT2D eigenvalue weighted by atomic mass is 10.1. The molecular formula is C19H23ClN2O3. The number of ether oxygens (including phenoxy) is 2. The fourth-order valence-corrected chi connectivity index (χ4v) is 2.25. The maximum atomic E-state index is 12.5. The van der Waals surface area contributed by atoms with Crippen LogP contribution in [0, 0.1) is 0 Å². The van der Waals surface area contributed by atoms with Crippen molar-refractivity contribution < 1.29 is 14.3 Å². The molecule has 0 radical (unpaired) electrons. The number of amides is 1. The van der Waals surface area contributed by atoms with Crippen LogP contribution in [-0.4, -0.2) is 23.1 Å². The quantitative estimate of drug-likeness (QED) is 0.771. The van der Waals surface area contributed by atoms with Gasteiger partial charge in [0.15, 0.2) is 5.60 Å². The van der Waals surface area contributed by atoms with Gasteiger partial charge in [-0.3, -0.25) is 4.79 Å². The molecule has 1 heterocycles. The number of carbonyl (C=O) groups excluding carboxylic acids is 1. The van der Waals surface area contributed by atoms with E-state index in [0.717, 1.165) is 12.0 Å². The summed E-state index contributed by atoms with van der Waals surface area (Å²) in [5, 5.41) is 3.49. The number of pyridine rings is 1. The number of nitrogens with zero attached hydrogens (tertiary/aromatic N) is 1. The van der Waals surface area contributed by atoms with Gasteiger partial charge in [-0.05, 0) is 50.6 Å². The van der Waals surface area contributed by atoms with E-state index in [0.29, 0.717) is 29.8 Å². The van der Waals surface area contributed by atoms with Crippen molar-refractivity contribution in [1.82, 2.24) is 10.3 Å². The molecule has 1 amide bonds. The van der Waals surface area contributed by atoms with Gasteiger partial charge in [-0.15, -0.1) is 0 Å². The van der Waals surface area contributed by atoms with E-state index in [2.05, 4.69) is 10.3 Å². The van der Waals surface area contributed by atoms with Gasteiger partial charge in [0.1, 0.15) is 5.75 Å². The number of benzene rings is 1. The maximum absolute atomic E-state index is 12.5. The van der Waals surface area contributed by atoms with Crippen LogP contribution in [-0.2, 0) is 11.3 Å². The van der Waals surface area contributed by atoms with Gasteiger partial charge in [0.25, 0.3) is 5.91 Å². The highest BCUT2D eigenvalue weighted by atomic mass is 35.5. The first-order chi connectivity index (χ1) is 11.9. The zero-order valence-electron chi connectivity index (χ0n) is 14.7. The predicted octanol–water partition coefficient (Wildman–Crippen LogP) is 4.00. The van der Waals surface area contributed by atoms with Gasteiger partial charge in [0.2, 0.25) is 5.88 Å². The van der Waals surface area contributed by atoms with Gasteiger partial charge in [-0.1, -0.05) is 24.6 Å². The van der Waals surface area contributed by atoms with Gasteiger partial charge in [-0.2, -0.15) is 0 Å². The summed E-state index contributed by atoms with van der Waals surface area (Å²) in [5.41, 5.74) is -0.202. The molecule has 0 saturated carbocycles. The molecule has 0 bridgehead atoms. The third kappa shape index (κ3) is 5.64. The highest BCUT2D eigenvalue weighted by Crippen LogP contribution is 2.21. The number of rotatable bonds is 8. The number of nitrogens with one attached hydrogen (secondary N) is 1. The largest absolute Gasteiger partial charge is 0.478 e. The second kappa shape index (κ2) is 8.72. The zero-order valence-corrected chi connectivity index (χ0v) is 15.5. The number of hydrogen-bond donors (Lipinski definition) is 1. The van der Waals surface area contributed by atoms with Crippen molar-refractivity contribution in [1.29, 1.82) is 0 Å². The maximum Gasteiger partial charge on any atom is 0.263 e. The first-order valence-corrected chi connectivity index (χ1v) is 8.59. The molecule has 0 aliphatic rings. The van der Waals surface area contributed by atoms with Crippen LogP contribution in [0.25, 0.3) is 0 Å². The molecule has 5 nitrogen and oxygen atoms in total. The molecule has 0 fully saturated rings. The lowest BCUT2D eigenvalue weighted by Crippen LogP contribution is -2.46. The summed E-state index contributed by atoms with van der Waals surface area (Å²) in [5.74, 6) is 0.895. The minimum Gasteiger partial charge on any atom is -0.478 e. The molecule has 0 aliphatic carbocycles. The van der Waals surface area contributed by atoms with Gasteiger partial charge in [0.05, 0.1) is 6.61 Å². The molecule has 25 heavy (non-hydrogen) atoms. The minimum absolute atomic E-state index is 0.229. The van der Waals surface area contributed by atoms with Crippen LogP contribution < -0.4 is 14.8 Å². The molecule has 0 unspecified atom stereocenters. The Morgan fingerprint density at radius 1 is 1.24 bits per heavy atom. The second-order valence-electron chi connectivity index (χ2n) is 6.07. The standard InChI is InChI=1S/C19H23ClN2O3/c1-4-12-24-17-14(6-5-11-21-17)13-22-18(23)19(2,3)25-16-9-7-15(20)8-10-16/h5-11H,4,12-13H2,1-3H3,(H,22,23). The van der Waals surface area contributed by atoms with E-state index >= 15 is 0 Å². The summed E-state index contributed by atoms with van der Waals surface area (Å²) < 4.78 is 11.4. The second-order valence-corrected chi connectivity index (χ2v) is 6.50. The van der Waals surface area contributed by atoms with E-state index < -0.39 is 5.60 Å². The highest BCUT2D eigenvalue weighted by Gasteiger charge is 2.29. The molecule has 2 aromatic rings. The SMILES string of the molecule is CCCOc1ncccc1CNC(=O)C(C)(C)Oc1ccc(Cl)cc1. The third-order valence-electron chi connectivity index (χ3n) is 3.47. The zero-order chi connectivity index (χ0) is 18.3. The number of hydrogen-bond acceptors (Lipinski definition) is 4. The van der Waals surface area contributed by atoms with Crippen LogP contribution in [0.2, 0.25) is 5.02 Å². The van der Waals surface area contributed by atoms with E-state index in [-0.39, 0.29) is 5.91 Å². The van der Waals surface area contributed by atoms with Crippen LogP contribution in [0.4, 0.5) is 0 Å². The average Bonchev–Trinajstić information content (AvgIpc) is 2.60. The van der Waals surface area contributed by atoms with Gasteiger partial charge in [-0.25, -0.2) is 4.98 Å². The molecule has 0 saturated heterocycles. The number of aromatic nitrogens is 1. The molecule has 0 aliphatic heterocycles. The Morgan fingerprint density at radius 2 is 1.96 bits per heavy atom. The Hall–Kier alpha value is -2.27. The molecule has 0 atom stereocenters. The minimum atomic E-state index is -1.03. The Balaban J connectivity index is 1.98. The fourth-order valence-electron chi connectivity index (χ4n) is 2.12. The van der Waals surface area contributed by atoms with E-state index in [1.54, 1.807) is 44.3 Å². The van der Waals surface area contributed by atoms with Crippen molar-refractivity contribution in [3.05, 3.63) is 53.2 Å². The fraction of sp³-hybridized carbons (Fsp3) is 0.368. The lowest BCUT2D eigenvalue weighted by Gasteiger charge is -2.25. The highest BCUT2D eigenvalue weighted by molar-refractivity contribution is 6.30. The Labute approximate surface area is 153 Å². The first-order valence-electron chi connectivity index (χ1n) is 8.22. The summed E-state index contributed by atoms with van der Waals surface area (Å²) in [7, 11) is 0. The van der Waals surface area contributed by atoms with Crippen LogP contribution in [0.3, 0.4) is 0 Å². The van der Waals surface area contributed by atoms with Crippen molar-refractivity contribution in [3.63, 3.8) is 0 Å². The van der Waals surface area contributed by atoms with Gasteiger partial charge < -0.3 is 14.8 Å². The first kappa shape index (κ1) is 19.1. The van der Waals surface area contributed by atoms with Gasteiger partial charge in [0, 0.05) is 23.3 Å². The molecule has 1 aromatic heterocycles. The summed E-state index contributed by atoms with van der Waals surface area (Å²) in [6, 6.07) is 10.6. The van der Waals surface area contributed by atoms with Crippen molar-refractivity contribution in [2.75, 3.05) is 6.61 Å². The van der Waals surface area contributed by atoms with Crippen LogP contribution in [0.1, 0.15) is 32.8 Å². The van der Waals surface area contributed by atoms with Crippen molar-refractivity contribution in [2.24, 2.45) is 0 Å². The Kier molecular flexibility index (Phi) is 6.65. The molecule has 0 spiro atoms. The summed E-state index contributed by atoms with van der Waals surface area (Å²) >= 11 is 5.86. The molecular weight excluding hydrogens is 340 g/mol. The van der Waals surface area contributed by atoms with Crippen molar-refractivity contribution in [3.8, 4) is 11.6 Å². The topological polar surface area (TPSA) is 60.5 Å². The number of halogens is 1. The van der Waals surface area contributed by atoms with E-state index in [4.69, 9.17) is 21.1 Å². The smallest absolute Gasteiger partial charge is 0.263 e. The molecule has 134 valence electrons. The number of carbonyl (C=O) groups is 1. The molecule has 1 aromatic carbocycles. The molecule has 6 heteroatoms. The normalized spacial score (nSPS) is 11.0. The lowest BCUT2D eigenvalue weighted by molar-refractivity contribution is -0.134. The molecule has 2 rings (SSSR count). The summed E-state index contributed by atoms with van der Waals surface area (Å²) in [4.78, 5) is 16.7. The van der Waals surface area contributed by atoms with Crippen LogP contribution >= 0.6 is 11.6 Å². The average molecular weight is 363 g/mol. The van der Waals surface area contributed by atoms with E-state index in [9.17, 15) is 4.79 Å². The summed E-state index contributed by atoms with van der Waals surface area (Å²) in [6.07, 6.45) is 2.56. The van der Waals surface area contributed by atoms with Crippen LogP contribution in [0.5, 0.6) is 11.6 Å². The summed E-state index contributed by atoms with van der Waals surface area (Å²) in [6.45, 7) is 6.37. The van der Waals surface area contributed by atoms with Crippen molar-refractivity contribution in [2.45, 2.75) is 39.3 Å². The van der Waals surface area contributed by atoms with Gasteiger partial charge >= 0.3 is 0 Å². The Morgan fingerprint density at radius 3 is 2.64 bits per heavy atom. The Bertz CT molecular complexity index is 702. The van der Waals surface area contributed by atoms with Crippen molar-refractivity contribution >= 4 is 17.5 Å². The van der Waals surface area contributed by atoms with E-state index in [1.807, 2.05) is 19.1 Å². The predicted molar refractivity (Wildman–Crippen MR) is 98.0 cm³/mol. The third-order valence-corrected chi connectivity index (χ3v) is 3.72. The van der Waals surface area contributed by atoms with Crippen LogP contribution in [0.15, 0.2) is 42.6 Å². The monoisotopic (exact) mass is 362 g/mol.